The Bertz CT molecular complexity index is 1040. The van der Waals surface area contributed by atoms with Gasteiger partial charge in [0.2, 0.25) is 10.0 Å². The number of nitrogens with one attached hydrogen (secondary N) is 1. The first-order valence-corrected chi connectivity index (χ1v) is 9.60. The molecule has 0 aliphatic heterocycles. The van der Waals surface area contributed by atoms with E-state index in [-0.39, 0.29) is 11.4 Å². The van der Waals surface area contributed by atoms with Crippen LogP contribution in [-0.2, 0) is 10.0 Å². The fraction of sp³-hybridized carbons (Fsp3) is 0.133. The minimum atomic E-state index is -3.76. The molecule has 0 saturated carbocycles. The summed E-state index contributed by atoms with van der Waals surface area (Å²) >= 11 is 0.982. The molecular weight excluding hydrogens is 362 g/mol. The molecule has 1 atom stereocenters. The molecule has 25 heavy (non-hydrogen) atoms. The highest BCUT2D eigenvalue weighted by atomic mass is 32.2. The second kappa shape index (κ2) is 6.39. The number of nitrogens with zero attached hydrogens (tertiary/aromatic N) is 4. The zero-order valence-electron chi connectivity index (χ0n) is 12.8. The standard InChI is InChI=1S/C15H13N5O3S2/c21-25(22,14-6-1-4-11-15(14)19-24-18-11)17-10-12(13-5-2-9-23-13)20-8-3-7-16-20/h1-9,12,17H,10H2/t12-/m1/s1. The zero-order valence-corrected chi connectivity index (χ0v) is 14.4. The number of hydrogen-bond donors (Lipinski definition) is 1. The predicted molar refractivity (Wildman–Crippen MR) is 91.7 cm³/mol. The molecule has 4 aromatic rings. The Morgan fingerprint density at radius 3 is 2.88 bits per heavy atom. The van der Waals surface area contributed by atoms with Gasteiger partial charge in [-0.2, -0.15) is 13.8 Å². The van der Waals surface area contributed by atoms with Gasteiger partial charge in [-0.25, -0.2) is 13.1 Å². The van der Waals surface area contributed by atoms with Crippen LogP contribution >= 0.6 is 11.7 Å². The number of rotatable bonds is 6. The summed E-state index contributed by atoms with van der Waals surface area (Å²) in [7, 11) is -3.76. The van der Waals surface area contributed by atoms with Crippen LogP contribution in [0, 0.1) is 0 Å². The smallest absolute Gasteiger partial charge is 0.242 e. The van der Waals surface area contributed by atoms with Gasteiger partial charge in [0, 0.05) is 18.9 Å². The summed E-state index contributed by atoms with van der Waals surface area (Å²) in [6.45, 7) is 0.0888. The number of benzene rings is 1. The largest absolute Gasteiger partial charge is 0.467 e. The number of fused-ring (bicyclic) bond motifs is 1. The van der Waals surface area contributed by atoms with Gasteiger partial charge in [-0.3, -0.25) is 4.68 Å². The number of sulfonamides is 1. The lowest BCUT2D eigenvalue weighted by Crippen LogP contribution is -2.31. The van der Waals surface area contributed by atoms with Gasteiger partial charge in [0.15, 0.2) is 0 Å². The number of hydrogen-bond acceptors (Lipinski definition) is 7. The molecule has 0 unspecified atom stereocenters. The minimum Gasteiger partial charge on any atom is -0.467 e. The van der Waals surface area contributed by atoms with Crippen molar-refractivity contribution in [1.82, 2.24) is 23.2 Å². The molecule has 0 radical (unpaired) electrons. The Morgan fingerprint density at radius 2 is 2.12 bits per heavy atom. The topological polar surface area (TPSA) is 103 Å². The van der Waals surface area contributed by atoms with Gasteiger partial charge in [-0.1, -0.05) is 6.07 Å². The molecule has 8 nitrogen and oxygen atoms in total. The number of aromatic nitrogens is 4. The van der Waals surface area contributed by atoms with Crippen LogP contribution in [0.1, 0.15) is 11.8 Å². The van der Waals surface area contributed by atoms with Crippen molar-refractivity contribution in [3.8, 4) is 0 Å². The summed E-state index contributed by atoms with van der Waals surface area (Å²) in [5, 5.41) is 4.19. The summed E-state index contributed by atoms with van der Waals surface area (Å²) in [6.07, 6.45) is 4.93. The van der Waals surface area contributed by atoms with Crippen molar-refractivity contribution in [2.75, 3.05) is 6.54 Å². The first-order valence-electron chi connectivity index (χ1n) is 7.38. The van der Waals surface area contributed by atoms with Crippen LogP contribution in [0.25, 0.3) is 11.0 Å². The summed E-state index contributed by atoms with van der Waals surface area (Å²) < 4.78 is 43.4. The van der Waals surface area contributed by atoms with E-state index in [2.05, 4.69) is 18.6 Å². The van der Waals surface area contributed by atoms with E-state index in [4.69, 9.17) is 4.42 Å². The van der Waals surface area contributed by atoms with E-state index >= 15 is 0 Å². The van der Waals surface area contributed by atoms with Crippen LogP contribution < -0.4 is 4.72 Å². The monoisotopic (exact) mass is 375 g/mol. The Morgan fingerprint density at radius 1 is 1.20 bits per heavy atom. The lowest BCUT2D eigenvalue weighted by molar-refractivity contribution is 0.402. The Balaban J connectivity index is 1.63. The Kier molecular flexibility index (Phi) is 4.07. The zero-order chi connectivity index (χ0) is 17.3. The third-order valence-corrected chi connectivity index (χ3v) is 5.72. The van der Waals surface area contributed by atoms with Gasteiger partial charge in [0.05, 0.1) is 18.0 Å². The van der Waals surface area contributed by atoms with Gasteiger partial charge >= 0.3 is 0 Å². The second-order valence-corrected chi connectivity index (χ2v) is 7.52. The van der Waals surface area contributed by atoms with Crippen molar-refractivity contribution in [3.05, 3.63) is 60.8 Å². The Labute approximate surface area is 147 Å². The molecule has 0 saturated heterocycles. The summed E-state index contributed by atoms with van der Waals surface area (Å²) in [6, 6.07) is 9.80. The highest BCUT2D eigenvalue weighted by molar-refractivity contribution is 7.89. The summed E-state index contributed by atoms with van der Waals surface area (Å²) in [5.41, 5.74) is 0.927. The average molecular weight is 375 g/mol. The molecule has 1 aromatic carbocycles. The molecule has 0 aliphatic rings. The lowest BCUT2D eigenvalue weighted by atomic mass is 10.2. The van der Waals surface area contributed by atoms with Crippen LogP contribution in [0.15, 0.2) is 64.4 Å². The van der Waals surface area contributed by atoms with E-state index in [9.17, 15) is 8.42 Å². The quantitative estimate of drug-likeness (QED) is 0.553. The molecule has 3 aromatic heterocycles. The molecule has 0 fully saturated rings. The number of furan rings is 1. The van der Waals surface area contributed by atoms with E-state index in [0.29, 0.717) is 16.8 Å². The first-order chi connectivity index (χ1) is 12.1. The van der Waals surface area contributed by atoms with Crippen LogP contribution in [0.4, 0.5) is 0 Å². The van der Waals surface area contributed by atoms with Crippen molar-refractivity contribution in [3.63, 3.8) is 0 Å². The normalized spacial score (nSPS) is 13.3. The predicted octanol–water partition coefficient (Wildman–Crippen LogP) is 2.05. The van der Waals surface area contributed by atoms with Crippen molar-refractivity contribution < 1.29 is 12.8 Å². The van der Waals surface area contributed by atoms with E-state index in [0.717, 1.165) is 11.7 Å². The van der Waals surface area contributed by atoms with Crippen LogP contribution in [0.3, 0.4) is 0 Å². The fourth-order valence-corrected chi connectivity index (χ4v) is 4.34. The van der Waals surface area contributed by atoms with Crippen LogP contribution in [-0.4, -0.2) is 33.5 Å². The van der Waals surface area contributed by atoms with Crippen LogP contribution in [0.2, 0.25) is 0 Å². The molecule has 4 rings (SSSR count). The van der Waals surface area contributed by atoms with Gasteiger partial charge in [-0.05, 0) is 30.3 Å². The molecule has 3 heterocycles. The van der Waals surface area contributed by atoms with Gasteiger partial charge in [0.1, 0.15) is 27.7 Å². The van der Waals surface area contributed by atoms with Crippen molar-refractivity contribution in [1.29, 1.82) is 0 Å². The molecule has 0 amide bonds. The second-order valence-electron chi connectivity index (χ2n) is 5.26. The average Bonchev–Trinajstić information content (AvgIpc) is 3.36. The maximum absolute atomic E-state index is 12.8. The van der Waals surface area contributed by atoms with Gasteiger partial charge in [-0.15, -0.1) is 0 Å². The van der Waals surface area contributed by atoms with Crippen LogP contribution in [0.5, 0.6) is 0 Å². The third kappa shape index (κ3) is 3.06. The molecular formula is C15H13N5O3S2. The summed E-state index contributed by atoms with van der Waals surface area (Å²) in [5.74, 6) is 0.611. The highest BCUT2D eigenvalue weighted by Crippen LogP contribution is 2.22. The molecule has 10 heteroatoms. The maximum atomic E-state index is 12.8. The molecule has 128 valence electrons. The molecule has 0 aliphatic carbocycles. The van der Waals surface area contributed by atoms with Gasteiger partial charge < -0.3 is 4.42 Å². The molecule has 0 bridgehead atoms. The molecule has 0 spiro atoms. The van der Waals surface area contributed by atoms with E-state index < -0.39 is 16.1 Å². The van der Waals surface area contributed by atoms with E-state index in [1.165, 1.54) is 6.07 Å². The molecule has 1 N–H and O–H groups in total. The third-order valence-electron chi connectivity index (χ3n) is 3.72. The summed E-state index contributed by atoms with van der Waals surface area (Å²) in [4.78, 5) is 0.109. The van der Waals surface area contributed by atoms with Crippen molar-refractivity contribution in [2.24, 2.45) is 0 Å². The van der Waals surface area contributed by atoms with Gasteiger partial charge in [0.25, 0.3) is 0 Å². The van der Waals surface area contributed by atoms with E-state index in [1.807, 2.05) is 0 Å². The van der Waals surface area contributed by atoms with Crippen molar-refractivity contribution in [2.45, 2.75) is 10.9 Å². The van der Waals surface area contributed by atoms with Crippen molar-refractivity contribution >= 4 is 32.8 Å². The minimum absolute atomic E-state index is 0.0888. The highest BCUT2D eigenvalue weighted by Gasteiger charge is 2.24. The van der Waals surface area contributed by atoms with E-state index in [1.54, 1.807) is 53.7 Å². The Hall–Kier alpha value is -2.56. The maximum Gasteiger partial charge on any atom is 0.242 e. The fourth-order valence-electron chi connectivity index (χ4n) is 2.53. The SMILES string of the molecule is O=S(=O)(NC[C@H](c1ccco1)n1cccn1)c1cccc2nsnc12. The lowest BCUT2D eigenvalue weighted by Gasteiger charge is -2.16. The first kappa shape index (κ1) is 15.9.